The van der Waals surface area contributed by atoms with Crippen molar-refractivity contribution in [1.29, 1.82) is 0 Å². The van der Waals surface area contributed by atoms with E-state index in [1.165, 1.54) is 6.07 Å². The summed E-state index contributed by atoms with van der Waals surface area (Å²) in [5.74, 6) is 0.880. The number of nitrogens with one attached hydrogen (secondary N) is 1. The Morgan fingerprint density at radius 3 is 2.82 bits per heavy atom. The monoisotopic (exact) mass is 311 g/mol. The number of hydrogen-bond donors (Lipinski definition) is 1. The van der Waals surface area contributed by atoms with Crippen LogP contribution in [-0.2, 0) is 6.54 Å². The number of benzene rings is 1. The van der Waals surface area contributed by atoms with Crippen LogP contribution in [0.15, 0.2) is 41.9 Å². The SMILES string of the molecule is C=CCCCN(C)C(=NC)NCc1ccccc1OC(F)F. The van der Waals surface area contributed by atoms with Crippen molar-refractivity contribution in [2.75, 3.05) is 20.6 Å². The van der Waals surface area contributed by atoms with Crippen LogP contribution in [0, 0.1) is 0 Å². The molecule has 0 aliphatic rings. The Morgan fingerprint density at radius 2 is 2.18 bits per heavy atom. The van der Waals surface area contributed by atoms with E-state index in [4.69, 9.17) is 0 Å². The quantitative estimate of drug-likeness (QED) is 0.346. The number of unbranched alkanes of at least 4 members (excludes halogenated alkanes) is 1. The lowest BCUT2D eigenvalue weighted by molar-refractivity contribution is -0.0504. The molecule has 0 bridgehead atoms. The standard InChI is InChI=1S/C16H23F2N3O/c1-4-5-8-11-21(3)16(19-2)20-12-13-9-6-7-10-14(13)22-15(17)18/h4,6-7,9-10,15H,1,5,8,11-12H2,2-3H3,(H,19,20). The molecule has 122 valence electrons. The molecule has 1 aromatic carbocycles. The minimum atomic E-state index is -2.83. The van der Waals surface area contributed by atoms with Crippen LogP contribution >= 0.6 is 0 Å². The molecule has 0 fully saturated rings. The number of aliphatic imine (C=N–C) groups is 1. The summed E-state index contributed by atoms with van der Waals surface area (Å²) < 4.78 is 29.3. The van der Waals surface area contributed by atoms with Gasteiger partial charge in [-0.1, -0.05) is 24.3 Å². The molecule has 1 N–H and O–H groups in total. The molecule has 6 heteroatoms. The summed E-state index contributed by atoms with van der Waals surface area (Å²) in [6.07, 6.45) is 3.79. The molecule has 1 rings (SSSR count). The Balaban J connectivity index is 2.61. The average Bonchev–Trinajstić information content (AvgIpc) is 2.49. The van der Waals surface area contributed by atoms with E-state index in [1.807, 2.05) is 18.0 Å². The first-order valence-electron chi connectivity index (χ1n) is 7.14. The number of ether oxygens (including phenoxy) is 1. The van der Waals surface area contributed by atoms with Crippen LogP contribution in [-0.4, -0.2) is 38.1 Å². The minimum absolute atomic E-state index is 0.176. The predicted molar refractivity (Wildman–Crippen MR) is 85.3 cm³/mol. The van der Waals surface area contributed by atoms with E-state index in [0.29, 0.717) is 18.1 Å². The predicted octanol–water partition coefficient (Wildman–Crippen LogP) is 3.26. The Morgan fingerprint density at radius 1 is 1.45 bits per heavy atom. The van der Waals surface area contributed by atoms with Crippen molar-refractivity contribution in [2.45, 2.75) is 26.0 Å². The second-order valence-electron chi connectivity index (χ2n) is 4.74. The molecule has 0 saturated heterocycles. The highest BCUT2D eigenvalue weighted by Crippen LogP contribution is 2.19. The zero-order chi connectivity index (χ0) is 16.4. The van der Waals surface area contributed by atoms with Crippen molar-refractivity contribution in [2.24, 2.45) is 4.99 Å². The van der Waals surface area contributed by atoms with E-state index in [-0.39, 0.29) is 5.75 Å². The van der Waals surface area contributed by atoms with Crippen LogP contribution in [0.4, 0.5) is 8.78 Å². The molecule has 0 aromatic heterocycles. The number of para-hydroxylation sites is 1. The molecule has 0 aliphatic heterocycles. The molecule has 0 radical (unpaired) electrons. The number of nitrogens with zero attached hydrogens (tertiary/aromatic N) is 2. The normalized spacial score (nSPS) is 11.4. The smallest absolute Gasteiger partial charge is 0.387 e. The second-order valence-corrected chi connectivity index (χ2v) is 4.74. The molecule has 0 unspecified atom stereocenters. The summed E-state index contributed by atoms with van der Waals surface area (Å²) in [4.78, 5) is 6.18. The average molecular weight is 311 g/mol. The molecule has 0 aliphatic carbocycles. The molecule has 0 atom stereocenters. The highest BCUT2D eigenvalue weighted by Gasteiger charge is 2.10. The topological polar surface area (TPSA) is 36.9 Å². The van der Waals surface area contributed by atoms with Crippen LogP contribution in [0.25, 0.3) is 0 Å². The van der Waals surface area contributed by atoms with E-state index in [0.717, 1.165) is 19.4 Å². The summed E-state index contributed by atoms with van der Waals surface area (Å²) in [6, 6.07) is 6.72. The number of halogens is 2. The first-order valence-corrected chi connectivity index (χ1v) is 7.14. The van der Waals surface area contributed by atoms with E-state index >= 15 is 0 Å². The van der Waals surface area contributed by atoms with Gasteiger partial charge in [-0.05, 0) is 18.9 Å². The van der Waals surface area contributed by atoms with Gasteiger partial charge in [-0.25, -0.2) is 0 Å². The van der Waals surface area contributed by atoms with Gasteiger partial charge < -0.3 is 15.0 Å². The van der Waals surface area contributed by atoms with Crippen molar-refractivity contribution in [1.82, 2.24) is 10.2 Å². The first kappa shape index (κ1) is 17.9. The zero-order valence-electron chi connectivity index (χ0n) is 13.1. The van der Waals surface area contributed by atoms with Gasteiger partial charge in [0.05, 0.1) is 0 Å². The number of hydrogen-bond acceptors (Lipinski definition) is 2. The highest BCUT2D eigenvalue weighted by molar-refractivity contribution is 5.79. The lowest BCUT2D eigenvalue weighted by Gasteiger charge is -2.22. The molecule has 0 heterocycles. The summed E-state index contributed by atoms with van der Waals surface area (Å²) in [5, 5.41) is 3.15. The Bertz CT molecular complexity index is 492. The van der Waals surface area contributed by atoms with Crippen molar-refractivity contribution in [3.05, 3.63) is 42.5 Å². The van der Waals surface area contributed by atoms with Crippen molar-refractivity contribution >= 4 is 5.96 Å². The molecular weight excluding hydrogens is 288 g/mol. The number of alkyl halides is 2. The van der Waals surface area contributed by atoms with Gasteiger partial charge in [-0.3, -0.25) is 4.99 Å². The maximum atomic E-state index is 12.4. The van der Waals surface area contributed by atoms with Gasteiger partial charge in [0.15, 0.2) is 5.96 Å². The number of guanidine groups is 1. The third-order valence-corrected chi connectivity index (χ3v) is 3.10. The summed E-state index contributed by atoms with van der Waals surface area (Å²) in [7, 11) is 3.62. The maximum Gasteiger partial charge on any atom is 0.387 e. The Labute approximate surface area is 130 Å². The Hall–Kier alpha value is -2.11. The zero-order valence-corrected chi connectivity index (χ0v) is 13.1. The number of allylic oxidation sites excluding steroid dienone is 1. The van der Waals surface area contributed by atoms with Gasteiger partial charge >= 0.3 is 6.61 Å². The van der Waals surface area contributed by atoms with Gasteiger partial charge in [-0.15, -0.1) is 6.58 Å². The summed E-state index contributed by atoms with van der Waals surface area (Å²) >= 11 is 0. The molecular formula is C16H23F2N3O. The fourth-order valence-electron chi connectivity index (χ4n) is 2.00. The van der Waals surface area contributed by atoms with Crippen LogP contribution in [0.1, 0.15) is 18.4 Å². The second kappa shape index (κ2) is 9.76. The van der Waals surface area contributed by atoms with Crippen LogP contribution in [0.5, 0.6) is 5.75 Å². The van der Waals surface area contributed by atoms with E-state index < -0.39 is 6.61 Å². The van der Waals surface area contributed by atoms with Crippen LogP contribution in [0.2, 0.25) is 0 Å². The molecule has 0 spiro atoms. The molecule has 4 nitrogen and oxygen atoms in total. The fourth-order valence-corrected chi connectivity index (χ4v) is 2.00. The largest absolute Gasteiger partial charge is 0.434 e. The van der Waals surface area contributed by atoms with Crippen molar-refractivity contribution in [3.8, 4) is 5.75 Å². The van der Waals surface area contributed by atoms with Crippen molar-refractivity contribution in [3.63, 3.8) is 0 Å². The lowest BCUT2D eigenvalue weighted by Crippen LogP contribution is -2.39. The Kier molecular flexibility index (Phi) is 7.96. The minimum Gasteiger partial charge on any atom is -0.434 e. The first-order chi connectivity index (χ1) is 10.6. The van der Waals surface area contributed by atoms with Gasteiger partial charge in [0, 0.05) is 32.7 Å². The van der Waals surface area contributed by atoms with Gasteiger partial charge in [0.25, 0.3) is 0 Å². The summed E-state index contributed by atoms with van der Waals surface area (Å²) in [6.45, 7) is 2.06. The van der Waals surface area contributed by atoms with E-state index in [1.54, 1.807) is 25.2 Å². The van der Waals surface area contributed by atoms with Crippen molar-refractivity contribution < 1.29 is 13.5 Å². The highest BCUT2D eigenvalue weighted by atomic mass is 19.3. The fraction of sp³-hybridized carbons (Fsp3) is 0.438. The number of rotatable bonds is 8. The van der Waals surface area contributed by atoms with Gasteiger partial charge in [0.1, 0.15) is 5.75 Å². The molecule has 0 saturated carbocycles. The third-order valence-electron chi connectivity index (χ3n) is 3.10. The lowest BCUT2D eigenvalue weighted by atomic mass is 10.2. The van der Waals surface area contributed by atoms with Gasteiger partial charge in [-0.2, -0.15) is 8.78 Å². The van der Waals surface area contributed by atoms with E-state index in [9.17, 15) is 8.78 Å². The third kappa shape index (κ3) is 6.11. The molecule has 1 aromatic rings. The van der Waals surface area contributed by atoms with E-state index in [2.05, 4.69) is 21.6 Å². The molecule has 0 amide bonds. The van der Waals surface area contributed by atoms with Crippen LogP contribution < -0.4 is 10.1 Å². The van der Waals surface area contributed by atoms with Crippen LogP contribution in [0.3, 0.4) is 0 Å². The molecule has 22 heavy (non-hydrogen) atoms. The summed E-state index contributed by atoms with van der Waals surface area (Å²) in [5.41, 5.74) is 0.656. The maximum absolute atomic E-state index is 12.4. The van der Waals surface area contributed by atoms with Gasteiger partial charge in [0.2, 0.25) is 0 Å².